The van der Waals surface area contributed by atoms with Gasteiger partial charge in [0.25, 0.3) is 15.9 Å². The van der Waals surface area contributed by atoms with Crippen LogP contribution in [0.4, 0.5) is 11.4 Å². The number of amides is 2. The standard InChI is InChI=1S/C29H32ClN3O4S/c1-21-11-14-24(15-12-21)38(36,37)33(27-16-13-23(30)19-22(27)2)20-28(34)31-26-10-6-5-9-25(26)29(35)32-17-7-3-4-8-18-32/h5-6,9-16,19H,3-4,7-8,17-18,20H2,1-2H3,(H,31,34). The van der Waals surface area contributed by atoms with Gasteiger partial charge in [-0.15, -0.1) is 0 Å². The summed E-state index contributed by atoms with van der Waals surface area (Å²) in [6, 6.07) is 18.2. The molecule has 3 aromatic rings. The molecule has 0 radical (unpaired) electrons. The van der Waals surface area contributed by atoms with Gasteiger partial charge in [0, 0.05) is 18.1 Å². The van der Waals surface area contributed by atoms with E-state index in [-0.39, 0.29) is 10.8 Å². The van der Waals surface area contributed by atoms with Gasteiger partial charge in [-0.05, 0) is 74.7 Å². The predicted molar refractivity (Wildman–Crippen MR) is 151 cm³/mol. The van der Waals surface area contributed by atoms with Crippen LogP contribution in [0.3, 0.4) is 0 Å². The molecule has 0 atom stereocenters. The Morgan fingerprint density at radius 3 is 2.24 bits per heavy atom. The second kappa shape index (κ2) is 12.0. The topological polar surface area (TPSA) is 86.8 Å². The number of carbonyl (C=O) groups is 2. The minimum atomic E-state index is -4.09. The van der Waals surface area contributed by atoms with Crippen molar-refractivity contribution in [1.29, 1.82) is 0 Å². The Hall–Kier alpha value is -3.36. The second-order valence-corrected chi connectivity index (χ2v) is 11.9. The molecule has 1 fully saturated rings. The smallest absolute Gasteiger partial charge is 0.264 e. The van der Waals surface area contributed by atoms with Gasteiger partial charge in [-0.2, -0.15) is 0 Å². The summed E-state index contributed by atoms with van der Waals surface area (Å²) in [5.41, 5.74) is 2.61. The summed E-state index contributed by atoms with van der Waals surface area (Å²) in [5.74, 6) is -0.702. The average Bonchev–Trinajstić information content (AvgIpc) is 3.18. The largest absolute Gasteiger partial charge is 0.339 e. The first kappa shape index (κ1) is 27.7. The molecule has 7 nitrogen and oxygen atoms in total. The molecule has 1 saturated heterocycles. The average molecular weight is 554 g/mol. The molecule has 1 aliphatic rings. The van der Waals surface area contributed by atoms with Gasteiger partial charge in [0.15, 0.2) is 0 Å². The fourth-order valence-corrected chi connectivity index (χ4v) is 6.29. The number of benzene rings is 3. The zero-order valence-corrected chi connectivity index (χ0v) is 23.2. The number of anilines is 2. The van der Waals surface area contributed by atoms with E-state index in [1.807, 2.05) is 11.8 Å². The molecule has 3 aromatic carbocycles. The lowest BCUT2D eigenvalue weighted by atomic mass is 10.1. The molecule has 0 saturated carbocycles. The van der Waals surface area contributed by atoms with Crippen molar-refractivity contribution < 1.29 is 18.0 Å². The SMILES string of the molecule is Cc1ccc(S(=O)(=O)N(CC(=O)Nc2ccccc2C(=O)N2CCCCCC2)c2ccc(Cl)cc2C)cc1. The highest BCUT2D eigenvalue weighted by atomic mass is 35.5. The first-order chi connectivity index (χ1) is 18.2. The fraction of sp³-hybridized carbons (Fsp3) is 0.310. The maximum Gasteiger partial charge on any atom is 0.264 e. The Balaban J connectivity index is 1.63. The van der Waals surface area contributed by atoms with Crippen LogP contribution in [-0.4, -0.2) is 44.8 Å². The quantitative estimate of drug-likeness (QED) is 0.400. The predicted octanol–water partition coefficient (Wildman–Crippen LogP) is 5.81. The zero-order chi connectivity index (χ0) is 27.3. The number of halogens is 1. The minimum Gasteiger partial charge on any atom is -0.339 e. The monoisotopic (exact) mass is 553 g/mol. The van der Waals surface area contributed by atoms with Crippen LogP contribution in [0.2, 0.25) is 5.02 Å². The van der Waals surface area contributed by atoms with Crippen molar-refractivity contribution in [3.8, 4) is 0 Å². The Labute approximate surface area is 229 Å². The van der Waals surface area contributed by atoms with Crippen LogP contribution in [0.15, 0.2) is 71.6 Å². The maximum absolute atomic E-state index is 13.7. The third kappa shape index (κ3) is 6.37. The Bertz CT molecular complexity index is 1420. The van der Waals surface area contributed by atoms with E-state index in [2.05, 4.69) is 5.32 Å². The molecule has 9 heteroatoms. The number of nitrogens with one attached hydrogen (secondary N) is 1. The first-order valence-electron chi connectivity index (χ1n) is 12.7. The van der Waals surface area contributed by atoms with E-state index in [4.69, 9.17) is 11.6 Å². The van der Waals surface area contributed by atoms with Crippen molar-refractivity contribution in [1.82, 2.24) is 4.90 Å². The number of hydrogen-bond acceptors (Lipinski definition) is 4. The number of likely N-dealkylation sites (tertiary alicyclic amines) is 1. The molecular weight excluding hydrogens is 522 g/mol. The molecule has 4 rings (SSSR count). The molecule has 2 amide bonds. The van der Waals surface area contributed by atoms with Gasteiger partial charge in [0.1, 0.15) is 6.54 Å². The Morgan fingerprint density at radius 1 is 0.921 bits per heavy atom. The molecule has 0 spiro atoms. The third-order valence-electron chi connectivity index (χ3n) is 6.65. The molecule has 0 aliphatic carbocycles. The summed E-state index contributed by atoms with van der Waals surface area (Å²) in [6.45, 7) is 4.49. The van der Waals surface area contributed by atoms with Crippen LogP contribution in [0.25, 0.3) is 0 Å². The van der Waals surface area contributed by atoms with Gasteiger partial charge in [-0.3, -0.25) is 13.9 Å². The third-order valence-corrected chi connectivity index (χ3v) is 8.66. The Kier molecular flexibility index (Phi) is 8.74. The van der Waals surface area contributed by atoms with E-state index < -0.39 is 22.5 Å². The minimum absolute atomic E-state index is 0.0713. The summed E-state index contributed by atoms with van der Waals surface area (Å²) in [4.78, 5) is 28.5. The van der Waals surface area contributed by atoms with Crippen molar-refractivity contribution in [3.63, 3.8) is 0 Å². The van der Waals surface area contributed by atoms with Crippen molar-refractivity contribution in [2.75, 3.05) is 29.3 Å². The van der Waals surface area contributed by atoms with E-state index in [1.165, 1.54) is 12.1 Å². The van der Waals surface area contributed by atoms with Crippen LogP contribution in [0.5, 0.6) is 0 Å². The lowest BCUT2D eigenvalue weighted by Gasteiger charge is -2.26. The molecule has 200 valence electrons. The van der Waals surface area contributed by atoms with Crippen LogP contribution in [0.1, 0.15) is 47.2 Å². The van der Waals surface area contributed by atoms with Gasteiger partial charge in [-0.1, -0.05) is 54.3 Å². The summed E-state index contributed by atoms with van der Waals surface area (Å²) in [7, 11) is -4.09. The number of rotatable bonds is 7. The summed E-state index contributed by atoms with van der Waals surface area (Å²) < 4.78 is 28.6. The van der Waals surface area contributed by atoms with Gasteiger partial charge < -0.3 is 10.2 Å². The van der Waals surface area contributed by atoms with Crippen molar-refractivity contribution in [2.45, 2.75) is 44.4 Å². The van der Waals surface area contributed by atoms with E-state index in [0.717, 1.165) is 35.6 Å². The highest BCUT2D eigenvalue weighted by Crippen LogP contribution is 2.29. The van der Waals surface area contributed by atoms with Crippen LogP contribution in [-0.2, 0) is 14.8 Å². The Morgan fingerprint density at radius 2 is 1.58 bits per heavy atom. The second-order valence-electron chi connectivity index (χ2n) is 9.56. The summed E-state index contributed by atoms with van der Waals surface area (Å²) in [5, 5.41) is 3.25. The summed E-state index contributed by atoms with van der Waals surface area (Å²) >= 11 is 6.12. The number of carbonyl (C=O) groups excluding carboxylic acids is 2. The molecule has 1 N–H and O–H groups in total. The van der Waals surface area contributed by atoms with Crippen LogP contribution >= 0.6 is 11.6 Å². The van der Waals surface area contributed by atoms with Crippen LogP contribution in [0, 0.1) is 13.8 Å². The lowest BCUT2D eigenvalue weighted by molar-refractivity contribution is -0.114. The number of hydrogen-bond donors (Lipinski definition) is 1. The number of para-hydroxylation sites is 1. The lowest BCUT2D eigenvalue weighted by Crippen LogP contribution is -2.39. The number of nitrogens with zero attached hydrogens (tertiary/aromatic N) is 2. The summed E-state index contributed by atoms with van der Waals surface area (Å²) in [6.07, 6.45) is 4.09. The number of aryl methyl sites for hydroxylation is 2. The van der Waals surface area contributed by atoms with Gasteiger partial charge in [0.05, 0.1) is 21.8 Å². The zero-order valence-electron chi connectivity index (χ0n) is 21.6. The van der Waals surface area contributed by atoms with Gasteiger partial charge in [-0.25, -0.2) is 8.42 Å². The number of sulfonamides is 1. The fourth-order valence-electron chi connectivity index (χ4n) is 4.58. The highest BCUT2D eigenvalue weighted by molar-refractivity contribution is 7.92. The van der Waals surface area contributed by atoms with Crippen molar-refractivity contribution >= 4 is 44.8 Å². The maximum atomic E-state index is 13.7. The molecular formula is C29H32ClN3O4S. The normalized spacial score (nSPS) is 14.0. The molecule has 0 aromatic heterocycles. The van der Waals surface area contributed by atoms with E-state index in [9.17, 15) is 18.0 Å². The van der Waals surface area contributed by atoms with E-state index >= 15 is 0 Å². The van der Waals surface area contributed by atoms with E-state index in [0.29, 0.717) is 40.6 Å². The highest BCUT2D eigenvalue weighted by Gasteiger charge is 2.29. The van der Waals surface area contributed by atoms with Gasteiger partial charge in [0.2, 0.25) is 5.91 Å². The molecule has 38 heavy (non-hydrogen) atoms. The van der Waals surface area contributed by atoms with Gasteiger partial charge >= 0.3 is 0 Å². The molecule has 0 bridgehead atoms. The van der Waals surface area contributed by atoms with Crippen LogP contribution < -0.4 is 9.62 Å². The first-order valence-corrected chi connectivity index (χ1v) is 14.5. The van der Waals surface area contributed by atoms with E-state index in [1.54, 1.807) is 61.5 Å². The molecule has 1 heterocycles. The van der Waals surface area contributed by atoms with Crippen molar-refractivity contribution in [3.05, 3.63) is 88.4 Å². The molecule has 1 aliphatic heterocycles. The molecule has 0 unspecified atom stereocenters. The van der Waals surface area contributed by atoms with Crippen molar-refractivity contribution in [2.24, 2.45) is 0 Å².